The van der Waals surface area contributed by atoms with Gasteiger partial charge in [0.05, 0.1) is 5.56 Å². The summed E-state index contributed by atoms with van der Waals surface area (Å²) >= 11 is 11.9. The topological polar surface area (TPSA) is 122 Å². The van der Waals surface area contributed by atoms with Crippen molar-refractivity contribution in [3.63, 3.8) is 0 Å². The Balaban J connectivity index is 1.86. The van der Waals surface area contributed by atoms with Gasteiger partial charge in [-0.05, 0) is 24.3 Å². The number of hydrogen-bond donors (Lipinski definition) is 2. The summed E-state index contributed by atoms with van der Waals surface area (Å²) in [5.41, 5.74) is 7.70. The van der Waals surface area contributed by atoms with Crippen molar-refractivity contribution < 1.29 is 27.1 Å². The fourth-order valence-corrected chi connectivity index (χ4v) is 3.46. The number of anilines is 1. The maximum Gasteiger partial charge on any atom is 0.434 e. The van der Waals surface area contributed by atoms with Gasteiger partial charge < -0.3 is 16.2 Å². The largest absolute Gasteiger partial charge is 0.453 e. The SMILES string of the molecule is NC(=O)c1c(-c2ccc(Oc3ccnc(N)c3Cl)c(F)c2)nn(-c2cc(Cl)ccn2)c1C(F)(F)F. The van der Waals surface area contributed by atoms with Crippen LogP contribution in [0.5, 0.6) is 11.5 Å². The second-order valence-corrected chi connectivity index (χ2v) is 7.75. The van der Waals surface area contributed by atoms with Crippen molar-refractivity contribution in [1.29, 1.82) is 0 Å². The molecule has 14 heteroatoms. The predicted molar refractivity (Wildman–Crippen MR) is 119 cm³/mol. The fraction of sp³-hybridized carbons (Fsp3) is 0.0476. The van der Waals surface area contributed by atoms with Crippen LogP contribution in [0.25, 0.3) is 17.1 Å². The summed E-state index contributed by atoms with van der Waals surface area (Å²) in [6.07, 6.45) is -2.62. The molecular weight excluding hydrogens is 515 g/mol. The van der Waals surface area contributed by atoms with Gasteiger partial charge in [-0.2, -0.15) is 18.3 Å². The number of carbonyl (C=O) groups excluding carboxylic acids is 1. The molecule has 0 spiro atoms. The third-order valence-electron chi connectivity index (χ3n) is 4.63. The number of hydrogen-bond acceptors (Lipinski definition) is 6. The molecule has 0 unspecified atom stereocenters. The van der Waals surface area contributed by atoms with Crippen LogP contribution in [0.3, 0.4) is 0 Å². The van der Waals surface area contributed by atoms with Crippen LogP contribution in [-0.2, 0) is 6.18 Å². The van der Waals surface area contributed by atoms with Crippen LogP contribution in [0.15, 0.2) is 48.8 Å². The van der Waals surface area contributed by atoms with Gasteiger partial charge in [0.1, 0.15) is 16.5 Å². The van der Waals surface area contributed by atoms with Crippen LogP contribution in [0.2, 0.25) is 10.0 Å². The molecule has 3 aromatic heterocycles. The number of ether oxygens (including phenoxy) is 1. The molecule has 0 atom stereocenters. The van der Waals surface area contributed by atoms with Crippen LogP contribution >= 0.6 is 23.2 Å². The molecule has 4 N–H and O–H groups in total. The standard InChI is InChI=1S/C21H12Cl2F4N6O2/c22-10-3-5-30-14(8-10)33-18(21(25,26)27)15(20(29)34)17(32-33)9-1-2-12(11(24)7-9)35-13-4-6-31-19(28)16(13)23/h1-8H,(H2,28,31)(H2,29,34). The van der Waals surface area contributed by atoms with Crippen molar-refractivity contribution in [3.8, 4) is 28.6 Å². The summed E-state index contributed by atoms with van der Waals surface area (Å²) < 4.78 is 62.6. The van der Waals surface area contributed by atoms with Gasteiger partial charge in [0.15, 0.2) is 28.8 Å². The minimum absolute atomic E-state index is 0.000641. The van der Waals surface area contributed by atoms with E-state index in [0.717, 1.165) is 24.4 Å². The van der Waals surface area contributed by atoms with Crippen LogP contribution in [0, 0.1) is 5.82 Å². The van der Waals surface area contributed by atoms with E-state index in [9.17, 15) is 22.4 Å². The molecule has 35 heavy (non-hydrogen) atoms. The third-order valence-corrected chi connectivity index (χ3v) is 5.25. The lowest BCUT2D eigenvalue weighted by Crippen LogP contribution is -2.21. The maximum atomic E-state index is 14.9. The Bertz CT molecular complexity index is 1460. The highest BCUT2D eigenvalue weighted by Crippen LogP contribution is 2.39. The first-order valence-electron chi connectivity index (χ1n) is 9.47. The Morgan fingerprint density at radius 2 is 1.74 bits per heavy atom. The van der Waals surface area contributed by atoms with E-state index in [1.54, 1.807) is 0 Å². The summed E-state index contributed by atoms with van der Waals surface area (Å²) in [4.78, 5) is 19.7. The van der Waals surface area contributed by atoms with Crippen molar-refractivity contribution in [1.82, 2.24) is 19.7 Å². The normalized spacial score (nSPS) is 11.5. The summed E-state index contributed by atoms with van der Waals surface area (Å²) in [7, 11) is 0. The lowest BCUT2D eigenvalue weighted by molar-refractivity contribution is -0.143. The molecule has 0 aliphatic heterocycles. The molecule has 3 heterocycles. The Kier molecular flexibility index (Phi) is 6.26. The molecule has 0 fully saturated rings. The molecule has 180 valence electrons. The molecule has 0 aliphatic carbocycles. The summed E-state index contributed by atoms with van der Waals surface area (Å²) in [6.45, 7) is 0. The van der Waals surface area contributed by atoms with Gasteiger partial charge in [0.2, 0.25) is 0 Å². The van der Waals surface area contributed by atoms with Crippen LogP contribution in [-0.4, -0.2) is 25.7 Å². The molecule has 0 saturated heterocycles. The number of pyridine rings is 2. The number of amides is 1. The second kappa shape index (κ2) is 9.04. The highest BCUT2D eigenvalue weighted by atomic mass is 35.5. The van der Waals surface area contributed by atoms with E-state index < -0.39 is 34.9 Å². The summed E-state index contributed by atoms with van der Waals surface area (Å²) in [5.74, 6) is -3.13. The molecule has 0 bridgehead atoms. The van der Waals surface area contributed by atoms with Crippen molar-refractivity contribution in [2.45, 2.75) is 6.18 Å². The summed E-state index contributed by atoms with van der Waals surface area (Å²) in [5, 5.41) is 3.89. The van der Waals surface area contributed by atoms with Gasteiger partial charge in [-0.15, -0.1) is 0 Å². The molecule has 0 saturated carbocycles. The Morgan fingerprint density at radius 3 is 2.37 bits per heavy atom. The average molecular weight is 527 g/mol. The third kappa shape index (κ3) is 4.70. The van der Waals surface area contributed by atoms with E-state index in [1.165, 1.54) is 24.4 Å². The van der Waals surface area contributed by atoms with Crippen LogP contribution < -0.4 is 16.2 Å². The van der Waals surface area contributed by atoms with Gasteiger partial charge in [0.25, 0.3) is 5.91 Å². The number of rotatable bonds is 5. The predicted octanol–water partition coefficient (Wildman–Crippen LogP) is 5.27. The highest BCUT2D eigenvalue weighted by molar-refractivity contribution is 6.34. The first-order chi connectivity index (χ1) is 16.5. The molecule has 1 amide bonds. The second-order valence-electron chi connectivity index (χ2n) is 6.93. The minimum atomic E-state index is -5.07. The molecule has 0 aliphatic rings. The first kappa shape index (κ1) is 24.2. The first-order valence-corrected chi connectivity index (χ1v) is 10.2. The smallest absolute Gasteiger partial charge is 0.434 e. The lowest BCUT2D eigenvalue weighted by atomic mass is 10.0. The van der Waals surface area contributed by atoms with E-state index >= 15 is 0 Å². The monoisotopic (exact) mass is 526 g/mol. The van der Waals surface area contributed by atoms with E-state index in [0.29, 0.717) is 4.68 Å². The molecular formula is C21H12Cl2F4N6O2. The molecule has 1 aromatic carbocycles. The summed E-state index contributed by atoms with van der Waals surface area (Å²) in [6, 6.07) is 6.94. The number of aromatic nitrogens is 4. The minimum Gasteiger partial charge on any atom is -0.453 e. The van der Waals surface area contributed by atoms with Gasteiger partial charge >= 0.3 is 6.18 Å². The number of nitrogens with zero attached hydrogens (tertiary/aromatic N) is 4. The average Bonchev–Trinajstić information content (AvgIpc) is 3.20. The Hall–Kier alpha value is -3.90. The highest BCUT2D eigenvalue weighted by Gasteiger charge is 2.43. The number of nitrogens with two attached hydrogens (primary N) is 2. The molecule has 8 nitrogen and oxygen atoms in total. The fourth-order valence-electron chi connectivity index (χ4n) is 3.16. The maximum absolute atomic E-state index is 14.9. The quantitative estimate of drug-likeness (QED) is 0.341. The zero-order chi connectivity index (χ0) is 25.5. The van der Waals surface area contributed by atoms with Gasteiger partial charge in [-0.25, -0.2) is 19.0 Å². The van der Waals surface area contributed by atoms with Crippen molar-refractivity contribution in [2.75, 3.05) is 5.73 Å². The number of halogens is 6. The number of benzene rings is 1. The zero-order valence-corrected chi connectivity index (χ0v) is 18.7. The molecule has 4 rings (SSSR count). The molecule has 4 aromatic rings. The lowest BCUT2D eigenvalue weighted by Gasteiger charge is -2.11. The van der Waals surface area contributed by atoms with Gasteiger partial charge in [-0.3, -0.25) is 4.79 Å². The Labute approximate surface area is 204 Å². The number of alkyl halides is 3. The number of carbonyl (C=O) groups is 1. The van der Waals surface area contributed by atoms with Crippen LogP contribution in [0.1, 0.15) is 16.1 Å². The van der Waals surface area contributed by atoms with Crippen molar-refractivity contribution in [2.24, 2.45) is 5.73 Å². The van der Waals surface area contributed by atoms with E-state index in [-0.39, 0.29) is 38.7 Å². The van der Waals surface area contributed by atoms with Crippen molar-refractivity contribution in [3.05, 3.63) is 75.9 Å². The number of nitrogen functional groups attached to an aromatic ring is 1. The van der Waals surface area contributed by atoms with Gasteiger partial charge in [-0.1, -0.05) is 23.2 Å². The van der Waals surface area contributed by atoms with Gasteiger partial charge in [0, 0.05) is 35.1 Å². The Morgan fingerprint density at radius 1 is 1.03 bits per heavy atom. The van der Waals surface area contributed by atoms with E-state index in [2.05, 4.69) is 15.1 Å². The van der Waals surface area contributed by atoms with E-state index in [1.807, 2.05) is 0 Å². The number of primary amides is 1. The molecule has 0 radical (unpaired) electrons. The zero-order valence-electron chi connectivity index (χ0n) is 17.1. The van der Waals surface area contributed by atoms with Crippen molar-refractivity contribution >= 4 is 34.9 Å². The van der Waals surface area contributed by atoms with Crippen LogP contribution in [0.4, 0.5) is 23.4 Å². The van der Waals surface area contributed by atoms with E-state index in [4.69, 9.17) is 39.4 Å².